The van der Waals surface area contributed by atoms with Gasteiger partial charge in [0.15, 0.2) is 0 Å². The van der Waals surface area contributed by atoms with Gasteiger partial charge in [-0.3, -0.25) is 14.4 Å². The van der Waals surface area contributed by atoms with Crippen LogP contribution >= 0.6 is 0 Å². The van der Waals surface area contributed by atoms with Gasteiger partial charge in [0.1, 0.15) is 6.04 Å². The van der Waals surface area contributed by atoms with Gasteiger partial charge in [0.25, 0.3) is 0 Å². The molecule has 1 aromatic rings. The molecule has 0 aliphatic heterocycles. The molecule has 0 spiro atoms. The molecular formula is C18H24N2O4. The predicted molar refractivity (Wildman–Crippen MR) is 91.4 cm³/mol. The zero-order valence-electron chi connectivity index (χ0n) is 13.8. The van der Waals surface area contributed by atoms with Crippen LogP contribution < -0.4 is 10.6 Å². The topological polar surface area (TPSA) is 95.5 Å². The zero-order valence-corrected chi connectivity index (χ0v) is 13.8. The van der Waals surface area contributed by atoms with Crippen LogP contribution in [0.1, 0.15) is 31.7 Å². The molecule has 0 aliphatic carbocycles. The highest BCUT2D eigenvalue weighted by Crippen LogP contribution is 2.08. The predicted octanol–water partition coefficient (Wildman–Crippen LogP) is 1.66. The number of rotatable bonds is 10. The van der Waals surface area contributed by atoms with E-state index in [0.717, 1.165) is 5.56 Å². The van der Waals surface area contributed by atoms with Gasteiger partial charge in [-0.1, -0.05) is 36.4 Å². The minimum absolute atomic E-state index is 0.167. The maximum atomic E-state index is 12.3. The Morgan fingerprint density at radius 2 is 1.88 bits per heavy atom. The number of carboxylic acids is 1. The van der Waals surface area contributed by atoms with Gasteiger partial charge in [-0.05, 0) is 24.8 Å². The Bertz CT molecular complexity index is 572. The van der Waals surface area contributed by atoms with E-state index in [1.807, 2.05) is 30.3 Å². The Morgan fingerprint density at radius 1 is 1.21 bits per heavy atom. The average molecular weight is 332 g/mol. The number of aliphatic carboxylic acids is 1. The number of aryl methyl sites for hydroxylation is 1. The van der Waals surface area contributed by atoms with Gasteiger partial charge in [0.2, 0.25) is 11.8 Å². The summed E-state index contributed by atoms with van der Waals surface area (Å²) in [4.78, 5) is 34.5. The van der Waals surface area contributed by atoms with E-state index in [1.54, 1.807) is 0 Å². The molecule has 6 heteroatoms. The van der Waals surface area contributed by atoms with Crippen molar-refractivity contribution in [1.29, 1.82) is 0 Å². The number of carbonyl (C=O) groups excluding carboxylic acids is 2. The number of nitrogens with one attached hydrogen (secondary N) is 2. The number of benzene rings is 1. The monoisotopic (exact) mass is 332 g/mol. The second kappa shape index (κ2) is 10.2. The van der Waals surface area contributed by atoms with Crippen molar-refractivity contribution in [3.63, 3.8) is 0 Å². The molecule has 24 heavy (non-hydrogen) atoms. The van der Waals surface area contributed by atoms with Crippen molar-refractivity contribution in [1.82, 2.24) is 10.6 Å². The summed E-state index contributed by atoms with van der Waals surface area (Å²) in [6.45, 7) is 4.90. The Balaban J connectivity index is 2.68. The molecule has 1 rings (SSSR count). The molecule has 0 heterocycles. The van der Waals surface area contributed by atoms with Gasteiger partial charge >= 0.3 is 5.97 Å². The van der Waals surface area contributed by atoms with E-state index in [9.17, 15) is 14.4 Å². The van der Waals surface area contributed by atoms with Gasteiger partial charge in [0.05, 0.1) is 6.42 Å². The van der Waals surface area contributed by atoms with Crippen molar-refractivity contribution in [3.05, 3.63) is 48.6 Å². The summed E-state index contributed by atoms with van der Waals surface area (Å²) in [5.41, 5.74) is 1.08. The van der Waals surface area contributed by atoms with Crippen LogP contribution in [0.3, 0.4) is 0 Å². The largest absolute Gasteiger partial charge is 0.481 e. The lowest BCUT2D eigenvalue weighted by atomic mass is 10.0. The third kappa shape index (κ3) is 7.58. The first-order valence-corrected chi connectivity index (χ1v) is 7.86. The summed E-state index contributed by atoms with van der Waals surface area (Å²) in [7, 11) is 0. The normalized spacial score (nSPS) is 12.7. The average Bonchev–Trinajstić information content (AvgIpc) is 2.52. The zero-order chi connectivity index (χ0) is 17.9. The number of hydrogen-bond donors (Lipinski definition) is 3. The van der Waals surface area contributed by atoms with Crippen LogP contribution in [-0.2, 0) is 20.8 Å². The molecule has 0 bridgehead atoms. The standard InChI is InChI=1S/C18H24N2O4/c1-3-7-16(19-13(2)21)18(24)20-15(12-17(22)23)11-10-14-8-5-4-6-9-14/h3-6,8-9,15-16H,1,7,10-12H2,2H3,(H,19,21)(H,20,24)(H,22,23). The fraction of sp³-hybridized carbons (Fsp3) is 0.389. The van der Waals surface area contributed by atoms with E-state index in [4.69, 9.17) is 5.11 Å². The molecule has 0 aromatic heterocycles. The number of carbonyl (C=O) groups is 3. The molecule has 0 fully saturated rings. The molecule has 0 aliphatic rings. The van der Waals surface area contributed by atoms with Crippen LogP contribution in [0.15, 0.2) is 43.0 Å². The van der Waals surface area contributed by atoms with Crippen molar-refractivity contribution in [2.75, 3.05) is 0 Å². The summed E-state index contributed by atoms with van der Waals surface area (Å²) in [6.07, 6.45) is 2.81. The first-order valence-electron chi connectivity index (χ1n) is 7.86. The van der Waals surface area contributed by atoms with Crippen LogP contribution in [0.5, 0.6) is 0 Å². The molecule has 2 unspecified atom stereocenters. The first-order chi connectivity index (χ1) is 11.4. The van der Waals surface area contributed by atoms with Crippen LogP contribution in [0.25, 0.3) is 0 Å². The minimum atomic E-state index is -0.979. The van der Waals surface area contributed by atoms with E-state index in [2.05, 4.69) is 17.2 Å². The van der Waals surface area contributed by atoms with Crippen molar-refractivity contribution >= 4 is 17.8 Å². The van der Waals surface area contributed by atoms with Crippen molar-refractivity contribution in [2.24, 2.45) is 0 Å². The lowest BCUT2D eigenvalue weighted by Crippen LogP contribution is -2.49. The second-order valence-corrected chi connectivity index (χ2v) is 5.61. The second-order valence-electron chi connectivity index (χ2n) is 5.61. The Hall–Kier alpha value is -2.63. The highest BCUT2D eigenvalue weighted by molar-refractivity contribution is 5.87. The number of carboxylic acid groups (broad SMARTS) is 1. The van der Waals surface area contributed by atoms with Crippen molar-refractivity contribution in [2.45, 2.75) is 44.7 Å². The van der Waals surface area contributed by atoms with Gasteiger partial charge in [-0.2, -0.15) is 0 Å². The maximum Gasteiger partial charge on any atom is 0.305 e. The quantitative estimate of drug-likeness (QED) is 0.568. The highest BCUT2D eigenvalue weighted by Gasteiger charge is 2.22. The van der Waals surface area contributed by atoms with Gasteiger partial charge in [-0.15, -0.1) is 6.58 Å². The molecule has 1 aromatic carbocycles. The summed E-state index contributed by atoms with van der Waals surface area (Å²) in [5, 5.41) is 14.3. The Kier molecular flexibility index (Phi) is 8.25. The fourth-order valence-corrected chi connectivity index (χ4v) is 2.37. The van der Waals surface area contributed by atoms with E-state index in [0.29, 0.717) is 12.8 Å². The van der Waals surface area contributed by atoms with E-state index >= 15 is 0 Å². The summed E-state index contributed by atoms with van der Waals surface area (Å²) in [5.74, 6) is -1.70. The maximum absolute atomic E-state index is 12.3. The molecule has 0 saturated carbocycles. The molecule has 130 valence electrons. The van der Waals surface area contributed by atoms with Crippen LogP contribution in [0.2, 0.25) is 0 Å². The molecule has 0 saturated heterocycles. The van der Waals surface area contributed by atoms with Crippen LogP contribution in [-0.4, -0.2) is 35.0 Å². The SMILES string of the molecule is C=CCC(NC(C)=O)C(=O)NC(CCc1ccccc1)CC(=O)O. The Morgan fingerprint density at radius 3 is 2.42 bits per heavy atom. The molecular weight excluding hydrogens is 308 g/mol. The lowest BCUT2D eigenvalue weighted by molar-refractivity contribution is -0.138. The molecule has 6 nitrogen and oxygen atoms in total. The molecule has 3 N–H and O–H groups in total. The molecule has 2 amide bonds. The van der Waals surface area contributed by atoms with Crippen LogP contribution in [0, 0.1) is 0 Å². The van der Waals surface area contributed by atoms with Gasteiger partial charge in [-0.25, -0.2) is 0 Å². The summed E-state index contributed by atoms with van der Waals surface area (Å²) < 4.78 is 0. The van der Waals surface area contributed by atoms with Crippen LogP contribution in [0.4, 0.5) is 0 Å². The third-order valence-electron chi connectivity index (χ3n) is 3.49. The molecule has 2 atom stereocenters. The van der Waals surface area contributed by atoms with Gasteiger partial charge in [0, 0.05) is 13.0 Å². The Labute approximate surface area is 141 Å². The van der Waals surface area contributed by atoms with Crippen molar-refractivity contribution < 1.29 is 19.5 Å². The number of amides is 2. The minimum Gasteiger partial charge on any atom is -0.481 e. The third-order valence-corrected chi connectivity index (χ3v) is 3.49. The summed E-state index contributed by atoms with van der Waals surface area (Å²) >= 11 is 0. The fourth-order valence-electron chi connectivity index (χ4n) is 2.37. The summed E-state index contributed by atoms with van der Waals surface area (Å²) in [6, 6.07) is 8.40. The van der Waals surface area contributed by atoms with E-state index in [1.165, 1.54) is 13.0 Å². The van der Waals surface area contributed by atoms with E-state index < -0.39 is 24.0 Å². The molecule has 0 radical (unpaired) electrons. The van der Waals surface area contributed by atoms with Gasteiger partial charge < -0.3 is 15.7 Å². The van der Waals surface area contributed by atoms with Crippen molar-refractivity contribution in [3.8, 4) is 0 Å². The van der Waals surface area contributed by atoms with E-state index in [-0.39, 0.29) is 18.7 Å². The number of hydrogen-bond acceptors (Lipinski definition) is 3. The first kappa shape index (κ1) is 19.4. The lowest BCUT2D eigenvalue weighted by Gasteiger charge is -2.21. The highest BCUT2D eigenvalue weighted by atomic mass is 16.4. The smallest absolute Gasteiger partial charge is 0.305 e.